The van der Waals surface area contributed by atoms with Crippen LogP contribution in [0.1, 0.15) is 11.7 Å². The first-order valence-electron chi connectivity index (χ1n) is 7.07. The Kier molecular flexibility index (Phi) is 3.19. The van der Waals surface area contributed by atoms with Crippen LogP contribution in [0, 0.1) is 5.82 Å². The molecule has 2 aromatic heterocycles. The van der Waals surface area contributed by atoms with Gasteiger partial charge in [0.25, 0.3) is 0 Å². The fourth-order valence-corrected chi connectivity index (χ4v) is 2.71. The third-order valence-corrected chi connectivity index (χ3v) is 3.81. The highest BCUT2D eigenvalue weighted by Gasteiger charge is 2.24. The van der Waals surface area contributed by atoms with Crippen LogP contribution in [0.15, 0.2) is 36.9 Å². The van der Waals surface area contributed by atoms with E-state index in [1.807, 2.05) is 0 Å². The van der Waals surface area contributed by atoms with E-state index >= 15 is 0 Å². The van der Waals surface area contributed by atoms with Gasteiger partial charge in [0.1, 0.15) is 23.8 Å². The number of nitrogens with one attached hydrogen (secondary N) is 1. The van der Waals surface area contributed by atoms with Gasteiger partial charge in [-0.2, -0.15) is 0 Å². The van der Waals surface area contributed by atoms with Crippen LogP contribution >= 0.6 is 0 Å². The van der Waals surface area contributed by atoms with Gasteiger partial charge in [-0.15, -0.1) is 0 Å². The monoisotopic (exact) mass is 299 g/mol. The lowest BCUT2D eigenvalue weighted by atomic mass is 10.1. The Balaban J connectivity index is 1.63. The quantitative estimate of drug-likeness (QED) is 0.784. The van der Waals surface area contributed by atoms with Gasteiger partial charge in [-0.05, 0) is 17.7 Å². The number of benzene rings is 1. The summed E-state index contributed by atoms with van der Waals surface area (Å²) >= 11 is 0. The van der Waals surface area contributed by atoms with Crippen LogP contribution < -0.4 is 4.90 Å². The number of imidazole rings is 1. The molecule has 4 rings (SSSR count). The van der Waals surface area contributed by atoms with Crippen LogP contribution in [0.3, 0.4) is 0 Å². The minimum Gasteiger partial charge on any atom is -0.370 e. The number of nitrogens with zero attached hydrogens (tertiary/aromatic N) is 4. The second kappa shape index (κ2) is 5.34. The predicted molar refractivity (Wildman–Crippen MR) is 79.0 cm³/mol. The fraction of sp³-hybridized carbons (Fsp3) is 0.267. The van der Waals surface area contributed by atoms with Gasteiger partial charge in [0, 0.05) is 13.1 Å². The summed E-state index contributed by atoms with van der Waals surface area (Å²) in [5, 5.41) is 0. The molecule has 1 aliphatic rings. The molecule has 1 N–H and O–H groups in total. The molecule has 0 amide bonds. The summed E-state index contributed by atoms with van der Waals surface area (Å²) in [5.41, 5.74) is 2.43. The second-order valence-corrected chi connectivity index (χ2v) is 5.16. The number of morpholine rings is 1. The molecule has 0 saturated carbocycles. The van der Waals surface area contributed by atoms with Crippen molar-refractivity contribution in [2.45, 2.75) is 6.10 Å². The van der Waals surface area contributed by atoms with Gasteiger partial charge in [-0.1, -0.05) is 12.1 Å². The largest absolute Gasteiger partial charge is 0.370 e. The Hall–Kier alpha value is -2.54. The molecular weight excluding hydrogens is 285 g/mol. The summed E-state index contributed by atoms with van der Waals surface area (Å²) < 4.78 is 18.9. The number of hydrogen-bond acceptors (Lipinski definition) is 5. The van der Waals surface area contributed by atoms with Crippen LogP contribution in [0.4, 0.5) is 10.2 Å². The maximum Gasteiger partial charge on any atom is 0.182 e. The Labute approximate surface area is 126 Å². The van der Waals surface area contributed by atoms with Gasteiger partial charge in [0.05, 0.1) is 12.9 Å². The van der Waals surface area contributed by atoms with Crippen molar-refractivity contribution < 1.29 is 9.13 Å². The first kappa shape index (κ1) is 13.1. The second-order valence-electron chi connectivity index (χ2n) is 5.16. The van der Waals surface area contributed by atoms with Crippen LogP contribution in [-0.4, -0.2) is 39.6 Å². The summed E-state index contributed by atoms with van der Waals surface area (Å²) in [7, 11) is 0. The Morgan fingerprint density at radius 3 is 2.91 bits per heavy atom. The normalized spacial score (nSPS) is 18.8. The van der Waals surface area contributed by atoms with E-state index in [0.29, 0.717) is 18.8 Å². The molecule has 1 fully saturated rings. The van der Waals surface area contributed by atoms with E-state index in [1.54, 1.807) is 18.5 Å². The summed E-state index contributed by atoms with van der Waals surface area (Å²) in [6, 6.07) is 6.43. The minimum atomic E-state index is -0.244. The van der Waals surface area contributed by atoms with Crippen molar-refractivity contribution in [3.63, 3.8) is 0 Å². The molecule has 0 radical (unpaired) electrons. The molecule has 7 heteroatoms. The van der Waals surface area contributed by atoms with Gasteiger partial charge < -0.3 is 14.6 Å². The number of fused-ring (bicyclic) bond motifs is 1. The standard InChI is InChI=1S/C15H14FN5O/c16-11-3-1-10(2-4-11)12-7-21(5-6-22-12)15-13-14(18-8-17-13)19-9-20-15/h1-4,8-9,12H,5-7H2,(H,17,18,19,20)/t12-/m1/s1. The molecule has 1 aliphatic heterocycles. The fourth-order valence-electron chi connectivity index (χ4n) is 2.71. The average Bonchev–Trinajstić information content (AvgIpc) is 3.04. The van der Waals surface area contributed by atoms with E-state index in [9.17, 15) is 4.39 Å². The van der Waals surface area contributed by atoms with Gasteiger partial charge in [-0.25, -0.2) is 19.3 Å². The van der Waals surface area contributed by atoms with Crippen molar-refractivity contribution in [3.05, 3.63) is 48.3 Å². The lowest BCUT2D eigenvalue weighted by Gasteiger charge is -2.34. The van der Waals surface area contributed by atoms with Crippen molar-refractivity contribution in [3.8, 4) is 0 Å². The van der Waals surface area contributed by atoms with Gasteiger partial charge in [-0.3, -0.25) is 0 Å². The highest BCUT2D eigenvalue weighted by atomic mass is 19.1. The molecule has 112 valence electrons. The number of halogens is 1. The summed E-state index contributed by atoms with van der Waals surface area (Å²) in [6.45, 7) is 1.97. The van der Waals surface area contributed by atoms with E-state index in [2.05, 4.69) is 24.8 Å². The predicted octanol–water partition coefficient (Wildman–Crippen LogP) is 2.07. The topological polar surface area (TPSA) is 66.9 Å². The molecule has 22 heavy (non-hydrogen) atoms. The maximum atomic E-state index is 13.1. The van der Waals surface area contributed by atoms with Crippen molar-refractivity contribution in [1.82, 2.24) is 19.9 Å². The molecule has 1 atom stereocenters. The lowest BCUT2D eigenvalue weighted by molar-refractivity contribution is 0.0396. The molecule has 0 spiro atoms. The molecule has 3 heterocycles. The summed E-state index contributed by atoms with van der Waals surface area (Å²) in [5.74, 6) is 0.573. The van der Waals surface area contributed by atoms with E-state index in [0.717, 1.165) is 23.4 Å². The SMILES string of the molecule is Fc1ccc([C@H]2CN(c3ncnc4nc[nH]c34)CCO2)cc1. The van der Waals surface area contributed by atoms with Crippen molar-refractivity contribution >= 4 is 17.0 Å². The molecule has 1 aromatic carbocycles. The van der Waals surface area contributed by atoms with Gasteiger partial charge >= 0.3 is 0 Å². The van der Waals surface area contributed by atoms with E-state index in [1.165, 1.54) is 18.5 Å². The molecule has 1 saturated heterocycles. The van der Waals surface area contributed by atoms with Crippen LogP contribution in [0.2, 0.25) is 0 Å². The molecule has 6 nitrogen and oxygen atoms in total. The number of aromatic amines is 1. The molecular formula is C15H14FN5O. The smallest absolute Gasteiger partial charge is 0.182 e. The molecule has 3 aromatic rings. The Bertz CT molecular complexity index is 788. The number of aromatic nitrogens is 4. The van der Waals surface area contributed by atoms with Crippen LogP contribution in [0.25, 0.3) is 11.2 Å². The van der Waals surface area contributed by atoms with E-state index in [4.69, 9.17) is 4.74 Å². The van der Waals surface area contributed by atoms with Crippen LogP contribution in [-0.2, 0) is 4.74 Å². The van der Waals surface area contributed by atoms with Gasteiger partial charge in [0.2, 0.25) is 0 Å². The number of rotatable bonds is 2. The maximum absolute atomic E-state index is 13.1. The van der Waals surface area contributed by atoms with Crippen LogP contribution in [0.5, 0.6) is 0 Å². The molecule has 0 bridgehead atoms. The number of hydrogen-bond donors (Lipinski definition) is 1. The lowest BCUT2D eigenvalue weighted by Crippen LogP contribution is -2.39. The Morgan fingerprint density at radius 1 is 1.18 bits per heavy atom. The number of ether oxygens (including phenoxy) is 1. The highest BCUT2D eigenvalue weighted by molar-refractivity contribution is 5.82. The minimum absolute atomic E-state index is 0.109. The van der Waals surface area contributed by atoms with Crippen molar-refractivity contribution in [1.29, 1.82) is 0 Å². The van der Waals surface area contributed by atoms with Crippen molar-refractivity contribution in [2.24, 2.45) is 0 Å². The number of anilines is 1. The zero-order valence-corrected chi connectivity index (χ0v) is 11.7. The number of H-pyrrole nitrogens is 1. The molecule has 0 unspecified atom stereocenters. The molecule has 0 aliphatic carbocycles. The van der Waals surface area contributed by atoms with Gasteiger partial charge in [0.15, 0.2) is 11.5 Å². The Morgan fingerprint density at radius 2 is 2.05 bits per heavy atom. The van der Waals surface area contributed by atoms with Crippen molar-refractivity contribution in [2.75, 3.05) is 24.6 Å². The third-order valence-electron chi connectivity index (χ3n) is 3.81. The summed E-state index contributed by atoms with van der Waals surface area (Å²) in [4.78, 5) is 17.9. The first-order chi connectivity index (χ1) is 10.8. The summed E-state index contributed by atoms with van der Waals surface area (Å²) in [6.07, 6.45) is 3.02. The zero-order chi connectivity index (χ0) is 14.9. The van der Waals surface area contributed by atoms with E-state index in [-0.39, 0.29) is 11.9 Å². The average molecular weight is 299 g/mol. The highest BCUT2D eigenvalue weighted by Crippen LogP contribution is 2.27. The third kappa shape index (κ3) is 2.29. The first-order valence-corrected chi connectivity index (χ1v) is 7.07. The van der Waals surface area contributed by atoms with E-state index < -0.39 is 0 Å². The zero-order valence-electron chi connectivity index (χ0n) is 11.7.